The Labute approximate surface area is 107 Å². The van der Waals surface area contributed by atoms with Gasteiger partial charge in [0.2, 0.25) is 11.9 Å². The van der Waals surface area contributed by atoms with Crippen molar-refractivity contribution in [2.45, 2.75) is 39.3 Å². The zero-order valence-corrected chi connectivity index (χ0v) is 11.3. The van der Waals surface area contributed by atoms with Gasteiger partial charge in [-0.25, -0.2) is 0 Å². The van der Waals surface area contributed by atoms with Crippen LogP contribution in [0.4, 0.5) is 11.9 Å². The van der Waals surface area contributed by atoms with E-state index in [-0.39, 0.29) is 24.1 Å². The second kappa shape index (κ2) is 6.95. The van der Waals surface area contributed by atoms with Gasteiger partial charge in [0.15, 0.2) is 0 Å². The molecule has 18 heavy (non-hydrogen) atoms. The van der Waals surface area contributed by atoms with Crippen molar-refractivity contribution >= 4 is 11.9 Å². The number of rotatable bonds is 7. The second-order valence-electron chi connectivity index (χ2n) is 4.29. The molecule has 0 aliphatic rings. The second-order valence-corrected chi connectivity index (χ2v) is 4.29. The van der Waals surface area contributed by atoms with Gasteiger partial charge in [-0.3, -0.25) is 0 Å². The first-order valence-electron chi connectivity index (χ1n) is 5.95. The molecule has 0 amide bonds. The van der Waals surface area contributed by atoms with Crippen molar-refractivity contribution in [3.63, 3.8) is 0 Å². The van der Waals surface area contributed by atoms with Crippen LogP contribution in [0.25, 0.3) is 0 Å². The zero-order chi connectivity index (χ0) is 13.5. The lowest BCUT2D eigenvalue weighted by molar-refractivity contribution is 0.191. The summed E-state index contributed by atoms with van der Waals surface area (Å²) in [5.74, 6) is 0.559. The Kier molecular flexibility index (Phi) is 5.57. The predicted molar refractivity (Wildman–Crippen MR) is 69.6 cm³/mol. The molecule has 1 rings (SSSR count). The van der Waals surface area contributed by atoms with Gasteiger partial charge < -0.3 is 20.5 Å². The van der Waals surface area contributed by atoms with E-state index in [0.29, 0.717) is 12.6 Å². The summed E-state index contributed by atoms with van der Waals surface area (Å²) in [7, 11) is 1.67. The molecule has 7 heteroatoms. The highest BCUT2D eigenvalue weighted by Crippen LogP contribution is 2.11. The molecule has 1 unspecified atom stereocenters. The van der Waals surface area contributed by atoms with Crippen LogP contribution in [-0.2, 0) is 4.74 Å². The normalized spacial score (nSPS) is 12.5. The van der Waals surface area contributed by atoms with Crippen molar-refractivity contribution in [3.8, 4) is 6.01 Å². The van der Waals surface area contributed by atoms with E-state index >= 15 is 0 Å². The molecular formula is C11H21N5O2. The first-order valence-corrected chi connectivity index (χ1v) is 5.95. The van der Waals surface area contributed by atoms with Crippen molar-refractivity contribution < 1.29 is 9.47 Å². The van der Waals surface area contributed by atoms with Gasteiger partial charge >= 0.3 is 6.01 Å². The van der Waals surface area contributed by atoms with Crippen molar-refractivity contribution in [1.29, 1.82) is 0 Å². The van der Waals surface area contributed by atoms with Gasteiger partial charge in [-0.1, -0.05) is 0 Å². The van der Waals surface area contributed by atoms with E-state index < -0.39 is 0 Å². The lowest BCUT2D eigenvalue weighted by Gasteiger charge is -2.14. The van der Waals surface area contributed by atoms with Crippen LogP contribution in [0.5, 0.6) is 6.01 Å². The third-order valence-electron chi connectivity index (χ3n) is 2.10. The summed E-state index contributed by atoms with van der Waals surface area (Å²) in [5.41, 5.74) is 5.60. The van der Waals surface area contributed by atoms with Crippen LogP contribution in [0, 0.1) is 0 Å². The fourth-order valence-electron chi connectivity index (χ4n) is 1.29. The number of nitrogens with two attached hydrogens (primary N) is 1. The Morgan fingerprint density at radius 2 is 1.94 bits per heavy atom. The summed E-state index contributed by atoms with van der Waals surface area (Å²) >= 11 is 0. The van der Waals surface area contributed by atoms with E-state index in [4.69, 9.17) is 15.2 Å². The number of nitrogen functional groups attached to an aromatic ring is 1. The maximum Gasteiger partial charge on any atom is 0.323 e. The monoisotopic (exact) mass is 255 g/mol. The fraction of sp³-hybridized carbons (Fsp3) is 0.727. The van der Waals surface area contributed by atoms with Gasteiger partial charge in [0.05, 0.1) is 6.10 Å². The smallest absolute Gasteiger partial charge is 0.323 e. The molecule has 0 aliphatic carbocycles. The predicted octanol–water partition coefficient (Wildman–Crippen LogP) is 1.08. The average Bonchev–Trinajstić information content (AvgIpc) is 2.24. The number of hydrogen-bond donors (Lipinski definition) is 2. The standard InChI is InChI=1S/C11H21N5O2/c1-7(2)18-11-15-9(12)14-10(16-11)13-8(3)5-6-17-4/h7-8H,5-6H2,1-4H3,(H3,12,13,14,15,16). The topological polar surface area (TPSA) is 95.2 Å². The van der Waals surface area contributed by atoms with E-state index in [0.717, 1.165) is 6.42 Å². The molecule has 7 nitrogen and oxygen atoms in total. The van der Waals surface area contributed by atoms with Gasteiger partial charge in [0.1, 0.15) is 0 Å². The molecule has 0 saturated heterocycles. The summed E-state index contributed by atoms with van der Waals surface area (Å²) in [6.45, 7) is 6.48. The van der Waals surface area contributed by atoms with Gasteiger partial charge in [-0.15, -0.1) is 0 Å². The van der Waals surface area contributed by atoms with Crippen LogP contribution in [0.1, 0.15) is 27.2 Å². The zero-order valence-electron chi connectivity index (χ0n) is 11.3. The van der Waals surface area contributed by atoms with E-state index in [9.17, 15) is 0 Å². The molecule has 0 saturated carbocycles. The van der Waals surface area contributed by atoms with Crippen molar-refractivity contribution in [2.75, 3.05) is 24.8 Å². The summed E-state index contributed by atoms with van der Waals surface area (Å²) < 4.78 is 10.4. The largest absolute Gasteiger partial charge is 0.461 e. The van der Waals surface area contributed by atoms with Gasteiger partial charge in [-0.2, -0.15) is 15.0 Å². The molecular weight excluding hydrogens is 234 g/mol. The number of aromatic nitrogens is 3. The van der Waals surface area contributed by atoms with E-state index in [1.165, 1.54) is 0 Å². The summed E-state index contributed by atoms with van der Waals surface area (Å²) in [4.78, 5) is 12.1. The first kappa shape index (κ1) is 14.4. The molecule has 1 heterocycles. The van der Waals surface area contributed by atoms with Crippen LogP contribution in [0.15, 0.2) is 0 Å². The molecule has 3 N–H and O–H groups in total. The highest BCUT2D eigenvalue weighted by molar-refractivity contribution is 5.33. The van der Waals surface area contributed by atoms with Gasteiger partial charge in [-0.05, 0) is 27.2 Å². The third kappa shape index (κ3) is 5.13. The Balaban J connectivity index is 2.67. The minimum Gasteiger partial charge on any atom is -0.461 e. The number of nitrogens with one attached hydrogen (secondary N) is 1. The van der Waals surface area contributed by atoms with Crippen molar-refractivity contribution in [1.82, 2.24) is 15.0 Å². The quantitative estimate of drug-likeness (QED) is 0.752. The molecule has 1 atom stereocenters. The number of methoxy groups -OCH3 is 1. The maximum atomic E-state index is 5.60. The highest BCUT2D eigenvalue weighted by Gasteiger charge is 2.09. The number of ether oxygens (including phenoxy) is 2. The molecule has 0 fully saturated rings. The van der Waals surface area contributed by atoms with Crippen LogP contribution in [0.2, 0.25) is 0 Å². The molecule has 0 spiro atoms. The Hall–Kier alpha value is -1.63. The minimum absolute atomic E-state index is 0.00874. The van der Waals surface area contributed by atoms with E-state index in [1.807, 2.05) is 20.8 Å². The Morgan fingerprint density at radius 1 is 1.22 bits per heavy atom. The fourth-order valence-corrected chi connectivity index (χ4v) is 1.29. The molecule has 0 bridgehead atoms. The molecule has 0 aliphatic heterocycles. The molecule has 0 radical (unpaired) electrons. The lowest BCUT2D eigenvalue weighted by atomic mass is 10.2. The number of hydrogen-bond acceptors (Lipinski definition) is 7. The van der Waals surface area contributed by atoms with Gasteiger partial charge in [0.25, 0.3) is 0 Å². The minimum atomic E-state index is -0.00874. The number of anilines is 2. The van der Waals surface area contributed by atoms with E-state index in [1.54, 1.807) is 7.11 Å². The van der Waals surface area contributed by atoms with Crippen LogP contribution in [0.3, 0.4) is 0 Å². The SMILES string of the molecule is COCCC(C)Nc1nc(N)nc(OC(C)C)n1. The van der Waals surface area contributed by atoms with Gasteiger partial charge in [0, 0.05) is 19.8 Å². The first-order chi connectivity index (χ1) is 8.51. The average molecular weight is 255 g/mol. The van der Waals surface area contributed by atoms with Crippen molar-refractivity contribution in [3.05, 3.63) is 0 Å². The molecule has 0 aromatic carbocycles. The Morgan fingerprint density at radius 3 is 2.56 bits per heavy atom. The van der Waals surface area contributed by atoms with Crippen molar-refractivity contribution in [2.24, 2.45) is 0 Å². The lowest BCUT2D eigenvalue weighted by Crippen LogP contribution is -2.20. The highest BCUT2D eigenvalue weighted by atomic mass is 16.5. The summed E-state index contributed by atoms with van der Waals surface area (Å²) in [6, 6.07) is 0.414. The third-order valence-corrected chi connectivity index (χ3v) is 2.10. The Bertz CT molecular complexity index is 372. The van der Waals surface area contributed by atoms with Crippen LogP contribution >= 0.6 is 0 Å². The molecule has 1 aromatic rings. The number of nitrogens with zero attached hydrogens (tertiary/aromatic N) is 3. The molecule has 102 valence electrons. The maximum absolute atomic E-state index is 5.60. The summed E-state index contributed by atoms with van der Waals surface area (Å²) in [5, 5.41) is 3.13. The molecule has 1 aromatic heterocycles. The van der Waals surface area contributed by atoms with E-state index in [2.05, 4.69) is 20.3 Å². The van der Waals surface area contributed by atoms with Crippen LogP contribution < -0.4 is 15.8 Å². The summed E-state index contributed by atoms with van der Waals surface area (Å²) in [6.07, 6.45) is 0.841. The van der Waals surface area contributed by atoms with Crippen LogP contribution in [-0.4, -0.2) is 40.8 Å².